The maximum absolute atomic E-state index is 13.3. The second kappa shape index (κ2) is 8.00. The highest BCUT2D eigenvalue weighted by atomic mass is 35.5. The summed E-state index contributed by atoms with van der Waals surface area (Å²) in [7, 11) is 0. The molecule has 0 aliphatic carbocycles. The van der Waals surface area contributed by atoms with Gasteiger partial charge in [0, 0.05) is 28.5 Å². The van der Waals surface area contributed by atoms with Gasteiger partial charge >= 0.3 is 13.0 Å². The number of anilines is 1. The molecule has 12 heteroatoms. The van der Waals surface area contributed by atoms with Crippen molar-refractivity contribution in [2.24, 2.45) is 0 Å². The number of rotatable bonds is 5. The molecule has 0 saturated carbocycles. The summed E-state index contributed by atoms with van der Waals surface area (Å²) < 4.78 is 57.0. The molecule has 5 rings (SSSR count). The van der Waals surface area contributed by atoms with E-state index in [0.29, 0.717) is 38.2 Å². The second-order valence-corrected chi connectivity index (χ2v) is 7.54. The Morgan fingerprint density at radius 2 is 1.88 bits per heavy atom. The van der Waals surface area contributed by atoms with Crippen LogP contribution >= 0.6 is 11.6 Å². The van der Waals surface area contributed by atoms with Gasteiger partial charge in [-0.25, -0.2) is 4.68 Å². The highest BCUT2D eigenvalue weighted by Crippen LogP contribution is 2.41. The van der Waals surface area contributed by atoms with Crippen molar-refractivity contribution in [3.63, 3.8) is 0 Å². The Morgan fingerprint density at radius 1 is 1.06 bits per heavy atom. The number of alkyl halides is 4. The number of hydrogen-bond acceptors (Lipinski definition) is 5. The molecule has 1 aliphatic rings. The summed E-state index contributed by atoms with van der Waals surface area (Å²) >= 11 is 6.37. The van der Waals surface area contributed by atoms with Gasteiger partial charge in [0.25, 0.3) is 11.8 Å². The summed E-state index contributed by atoms with van der Waals surface area (Å²) in [6, 6.07) is 9.61. The summed E-state index contributed by atoms with van der Waals surface area (Å²) in [5, 5.41) is 10.8. The van der Waals surface area contributed by atoms with E-state index in [4.69, 9.17) is 16.0 Å². The van der Waals surface area contributed by atoms with E-state index in [0.717, 1.165) is 6.20 Å². The topological polar surface area (TPSA) is 77.1 Å². The predicted molar refractivity (Wildman–Crippen MR) is 109 cm³/mol. The molecule has 1 amide bonds. The van der Waals surface area contributed by atoms with Gasteiger partial charge < -0.3 is 9.32 Å². The van der Waals surface area contributed by atoms with Gasteiger partial charge in [-0.2, -0.15) is 22.7 Å². The van der Waals surface area contributed by atoms with Crippen molar-refractivity contribution in [2.45, 2.75) is 19.5 Å². The fourth-order valence-electron chi connectivity index (χ4n) is 3.67. The Morgan fingerprint density at radius 3 is 2.58 bits per heavy atom. The number of halogens is 5. The van der Waals surface area contributed by atoms with Crippen molar-refractivity contribution in [1.29, 1.82) is 0 Å². The van der Waals surface area contributed by atoms with E-state index < -0.39 is 18.9 Å². The zero-order valence-corrected chi connectivity index (χ0v) is 17.2. The molecule has 0 atom stereocenters. The van der Waals surface area contributed by atoms with Crippen LogP contribution in [0.3, 0.4) is 0 Å². The smallest absolute Gasteiger partial charge is 0.333 e. The molecule has 0 N–H and O–H groups in total. The predicted octanol–water partition coefficient (Wildman–Crippen LogP) is 5.75. The minimum Gasteiger partial charge on any atom is -0.415 e. The zero-order chi connectivity index (χ0) is 23.3. The van der Waals surface area contributed by atoms with E-state index in [2.05, 4.69) is 15.3 Å². The Bertz CT molecular complexity index is 1370. The summed E-state index contributed by atoms with van der Waals surface area (Å²) in [5.41, 5.74) is 2.42. The number of nitrogens with zero attached hydrogens (tertiary/aromatic N) is 5. The largest absolute Gasteiger partial charge is 0.415 e. The standard InChI is InChI=1S/C21H12ClF4N5O2/c22-14-2-1-3-15(16(14)12-7-27-31(9-12)21(25)26)30-8-11-5-4-10(6-13(11)20(30)32)18-28-29-19(33-18)17(23)24/h1-7,9,17,21H,8H2. The normalized spacial score (nSPS) is 13.4. The minimum atomic E-state index is -2.91. The number of hydrogen-bond donors (Lipinski definition) is 0. The molecule has 168 valence electrons. The highest BCUT2D eigenvalue weighted by molar-refractivity contribution is 6.34. The Labute approximate surface area is 188 Å². The maximum atomic E-state index is 13.3. The van der Waals surface area contributed by atoms with Gasteiger partial charge in [-0.1, -0.05) is 23.7 Å². The minimum absolute atomic E-state index is 0.137. The number of benzene rings is 2. The molecule has 1 aliphatic heterocycles. The van der Waals surface area contributed by atoms with Gasteiger partial charge in [0.15, 0.2) is 0 Å². The van der Waals surface area contributed by atoms with E-state index in [-0.39, 0.29) is 23.4 Å². The average molecular weight is 478 g/mol. The molecule has 0 spiro atoms. The van der Waals surface area contributed by atoms with Gasteiger partial charge in [-0.05, 0) is 29.8 Å². The van der Waals surface area contributed by atoms with Crippen LogP contribution in [0, 0.1) is 0 Å². The number of carbonyl (C=O) groups excluding carboxylic acids is 1. The van der Waals surface area contributed by atoms with Crippen molar-refractivity contribution < 1.29 is 26.8 Å². The van der Waals surface area contributed by atoms with Crippen molar-refractivity contribution in [2.75, 3.05) is 4.90 Å². The van der Waals surface area contributed by atoms with E-state index in [1.165, 1.54) is 17.2 Å². The lowest BCUT2D eigenvalue weighted by molar-refractivity contribution is 0.0566. The zero-order valence-electron chi connectivity index (χ0n) is 16.4. The van der Waals surface area contributed by atoms with E-state index >= 15 is 0 Å². The van der Waals surface area contributed by atoms with Crippen molar-refractivity contribution in [3.05, 3.63) is 70.8 Å². The van der Waals surface area contributed by atoms with Crippen LogP contribution in [0.4, 0.5) is 23.2 Å². The first-order chi connectivity index (χ1) is 15.8. The lowest BCUT2D eigenvalue weighted by atomic mass is 10.1. The first-order valence-electron chi connectivity index (χ1n) is 9.51. The molecule has 4 aromatic rings. The van der Waals surface area contributed by atoms with E-state index in [1.807, 2.05) is 0 Å². The fourth-order valence-corrected chi connectivity index (χ4v) is 3.94. The number of amides is 1. The molecule has 0 saturated heterocycles. The van der Waals surface area contributed by atoms with Gasteiger partial charge in [-0.3, -0.25) is 4.79 Å². The third-order valence-electron chi connectivity index (χ3n) is 5.16. The second-order valence-electron chi connectivity index (χ2n) is 7.13. The van der Waals surface area contributed by atoms with Crippen LogP contribution < -0.4 is 4.90 Å². The van der Waals surface area contributed by atoms with Crippen LogP contribution in [-0.2, 0) is 6.54 Å². The fraction of sp³-hybridized carbons (Fsp3) is 0.143. The van der Waals surface area contributed by atoms with Crippen LogP contribution in [0.25, 0.3) is 22.6 Å². The van der Waals surface area contributed by atoms with Crippen LogP contribution in [0.2, 0.25) is 5.02 Å². The molecule has 0 radical (unpaired) electrons. The molecular weight excluding hydrogens is 466 g/mol. The molecule has 0 fully saturated rings. The number of fused-ring (bicyclic) bond motifs is 1. The third kappa shape index (κ3) is 3.63. The molecule has 3 heterocycles. The summed E-state index contributed by atoms with van der Waals surface area (Å²) in [6.07, 6.45) is -0.510. The van der Waals surface area contributed by atoms with Gasteiger partial charge in [0.2, 0.25) is 5.89 Å². The van der Waals surface area contributed by atoms with E-state index in [1.54, 1.807) is 30.3 Å². The molecular formula is C21H12ClF4N5O2. The van der Waals surface area contributed by atoms with Crippen LogP contribution in [-0.4, -0.2) is 25.9 Å². The van der Waals surface area contributed by atoms with Crippen LogP contribution in [0.5, 0.6) is 0 Å². The highest BCUT2D eigenvalue weighted by Gasteiger charge is 2.32. The molecule has 33 heavy (non-hydrogen) atoms. The molecule has 0 bridgehead atoms. The SMILES string of the molecule is O=C1c2cc(-c3nnc(C(F)F)o3)ccc2CN1c1cccc(Cl)c1-c1cnn(C(F)F)c1. The van der Waals surface area contributed by atoms with Crippen molar-refractivity contribution in [3.8, 4) is 22.6 Å². The Hall–Kier alpha value is -3.73. The van der Waals surface area contributed by atoms with Crippen LogP contribution in [0.1, 0.15) is 34.8 Å². The number of carbonyl (C=O) groups is 1. The summed E-state index contributed by atoms with van der Waals surface area (Å²) in [6.45, 7) is -2.63. The molecule has 2 aromatic heterocycles. The maximum Gasteiger partial charge on any atom is 0.333 e. The lowest BCUT2D eigenvalue weighted by Crippen LogP contribution is -2.23. The summed E-state index contributed by atoms with van der Waals surface area (Å²) in [4.78, 5) is 14.7. The monoisotopic (exact) mass is 477 g/mol. The molecule has 0 unspecified atom stereocenters. The first-order valence-corrected chi connectivity index (χ1v) is 9.89. The molecule has 2 aromatic carbocycles. The van der Waals surface area contributed by atoms with Gasteiger partial charge in [0.1, 0.15) is 0 Å². The Balaban J connectivity index is 1.52. The van der Waals surface area contributed by atoms with Crippen molar-refractivity contribution in [1.82, 2.24) is 20.0 Å². The van der Waals surface area contributed by atoms with E-state index in [9.17, 15) is 22.4 Å². The lowest BCUT2D eigenvalue weighted by Gasteiger charge is -2.20. The van der Waals surface area contributed by atoms with Gasteiger partial charge in [0.05, 0.1) is 23.5 Å². The quantitative estimate of drug-likeness (QED) is 0.342. The van der Waals surface area contributed by atoms with Crippen molar-refractivity contribution >= 4 is 23.2 Å². The van der Waals surface area contributed by atoms with Gasteiger partial charge in [-0.15, -0.1) is 10.2 Å². The average Bonchev–Trinajstić information content (AvgIpc) is 3.52. The van der Waals surface area contributed by atoms with Crippen LogP contribution in [0.15, 0.2) is 53.2 Å². The number of aromatic nitrogens is 4. The first kappa shape index (κ1) is 21.1. The summed E-state index contributed by atoms with van der Waals surface area (Å²) in [5.74, 6) is -1.33. The third-order valence-corrected chi connectivity index (χ3v) is 5.48. The molecule has 7 nitrogen and oxygen atoms in total. The Kier molecular flexibility index (Phi) is 5.12.